The highest BCUT2D eigenvalue weighted by Gasteiger charge is 2.44. The summed E-state index contributed by atoms with van der Waals surface area (Å²) in [7, 11) is 0. The van der Waals surface area contributed by atoms with Crippen molar-refractivity contribution in [1.82, 2.24) is 0 Å². The second kappa shape index (κ2) is 2.23. The van der Waals surface area contributed by atoms with Crippen molar-refractivity contribution in [2.24, 2.45) is 16.0 Å². The van der Waals surface area contributed by atoms with Gasteiger partial charge in [-0.3, -0.25) is 0 Å². The van der Waals surface area contributed by atoms with E-state index in [1.54, 1.807) is 0 Å². The third-order valence-corrected chi connectivity index (χ3v) is 3.27. The maximum atomic E-state index is 8.62. The molecule has 1 rings (SSSR count). The molecule has 1 aliphatic rings. The molecular formula is C9H17NO. The van der Waals surface area contributed by atoms with E-state index in [0.717, 1.165) is 18.6 Å². The van der Waals surface area contributed by atoms with E-state index in [0.29, 0.717) is 0 Å². The van der Waals surface area contributed by atoms with Crippen LogP contribution in [0.3, 0.4) is 0 Å². The highest BCUT2D eigenvalue weighted by Crippen LogP contribution is 2.50. The molecule has 1 N–H and O–H groups in total. The molecule has 0 aromatic heterocycles. The number of hydrogen-bond acceptors (Lipinski definition) is 2. The fourth-order valence-electron chi connectivity index (χ4n) is 1.63. The zero-order valence-corrected chi connectivity index (χ0v) is 7.81. The summed E-state index contributed by atoms with van der Waals surface area (Å²) < 4.78 is 0. The number of oxime groups is 1. The van der Waals surface area contributed by atoms with Gasteiger partial charge in [-0.2, -0.15) is 0 Å². The van der Waals surface area contributed by atoms with E-state index in [2.05, 4.69) is 32.9 Å². The molecule has 1 saturated carbocycles. The average molecular weight is 155 g/mol. The van der Waals surface area contributed by atoms with Gasteiger partial charge in [0.05, 0.1) is 5.71 Å². The van der Waals surface area contributed by atoms with Crippen LogP contribution < -0.4 is 0 Å². The Morgan fingerprint density at radius 1 is 1.09 bits per heavy atom. The lowest BCUT2D eigenvalue weighted by Crippen LogP contribution is -2.25. The van der Waals surface area contributed by atoms with Gasteiger partial charge in [-0.25, -0.2) is 0 Å². The lowest BCUT2D eigenvalue weighted by atomic mass is 9.71. The SMILES string of the molecule is CC1(C)CC(=NO)CC1(C)C. The molecule has 0 heterocycles. The zero-order valence-electron chi connectivity index (χ0n) is 7.81. The monoisotopic (exact) mass is 155 g/mol. The third-order valence-electron chi connectivity index (χ3n) is 3.27. The molecule has 64 valence electrons. The number of hydrogen-bond donors (Lipinski definition) is 1. The van der Waals surface area contributed by atoms with E-state index < -0.39 is 0 Å². The Hall–Kier alpha value is -0.530. The summed E-state index contributed by atoms with van der Waals surface area (Å²) in [5, 5.41) is 11.9. The van der Waals surface area contributed by atoms with Crippen LogP contribution in [0.1, 0.15) is 40.5 Å². The van der Waals surface area contributed by atoms with E-state index >= 15 is 0 Å². The van der Waals surface area contributed by atoms with Crippen molar-refractivity contribution in [1.29, 1.82) is 0 Å². The highest BCUT2D eigenvalue weighted by molar-refractivity contribution is 5.87. The van der Waals surface area contributed by atoms with Crippen molar-refractivity contribution in [3.05, 3.63) is 0 Å². The molecule has 0 atom stereocenters. The van der Waals surface area contributed by atoms with Gasteiger partial charge >= 0.3 is 0 Å². The second-order valence-corrected chi connectivity index (χ2v) is 4.79. The second-order valence-electron chi connectivity index (χ2n) is 4.79. The number of rotatable bonds is 0. The molecule has 2 nitrogen and oxygen atoms in total. The molecule has 1 fully saturated rings. The van der Waals surface area contributed by atoms with Gasteiger partial charge in [-0.05, 0) is 23.7 Å². The van der Waals surface area contributed by atoms with E-state index in [1.807, 2.05) is 0 Å². The molecule has 0 bridgehead atoms. The van der Waals surface area contributed by atoms with Crippen LogP contribution in [0.4, 0.5) is 0 Å². The predicted octanol–water partition coefficient (Wildman–Crippen LogP) is 2.66. The van der Waals surface area contributed by atoms with E-state index in [9.17, 15) is 0 Å². The maximum absolute atomic E-state index is 8.62. The standard InChI is InChI=1S/C9H17NO/c1-8(2)5-7(10-11)6-9(8,3)4/h11H,5-6H2,1-4H3. The molecule has 0 unspecified atom stereocenters. The van der Waals surface area contributed by atoms with Gasteiger partial charge in [0.25, 0.3) is 0 Å². The minimum Gasteiger partial charge on any atom is -0.411 e. The summed E-state index contributed by atoms with van der Waals surface area (Å²) in [5.41, 5.74) is 1.49. The maximum Gasteiger partial charge on any atom is 0.0581 e. The van der Waals surface area contributed by atoms with Gasteiger partial charge in [0, 0.05) is 0 Å². The fraction of sp³-hybridized carbons (Fsp3) is 0.889. The quantitative estimate of drug-likeness (QED) is 0.423. The summed E-state index contributed by atoms with van der Waals surface area (Å²) in [5.74, 6) is 0. The van der Waals surface area contributed by atoms with E-state index in [4.69, 9.17) is 5.21 Å². The molecule has 0 amide bonds. The minimum atomic E-state index is 0.272. The summed E-state index contributed by atoms with van der Waals surface area (Å²) in [6.07, 6.45) is 1.85. The molecule has 0 aromatic rings. The summed E-state index contributed by atoms with van der Waals surface area (Å²) >= 11 is 0. The lowest BCUT2D eigenvalue weighted by molar-refractivity contribution is 0.157. The Labute approximate surface area is 68.3 Å². The van der Waals surface area contributed by atoms with Crippen LogP contribution in [-0.2, 0) is 0 Å². The number of nitrogens with zero attached hydrogens (tertiary/aromatic N) is 1. The van der Waals surface area contributed by atoms with Crippen molar-refractivity contribution >= 4 is 5.71 Å². The zero-order chi connectivity index (χ0) is 8.70. The van der Waals surface area contributed by atoms with Gasteiger partial charge in [0.15, 0.2) is 0 Å². The Bertz CT molecular complexity index is 174. The highest BCUT2D eigenvalue weighted by atomic mass is 16.4. The van der Waals surface area contributed by atoms with Crippen molar-refractivity contribution in [2.45, 2.75) is 40.5 Å². The molecule has 1 aliphatic carbocycles. The Kier molecular flexibility index (Phi) is 1.73. The minimum absolute atomic E-state index is 0.272. The predicted molar refractivity (Wildman–Crippen MR) is 46.0 cm³/mol. The first-order valence-electron chi connectivity index (χ1n) is 4.09. The van der Waals surface area contributed by atoms with E-state index in [1.165, 1.54) is 0 Å². The Balaban J connectivity index is 2.89. The average Bonchev–Trinajstić information content (AvgIpc) is 2.03. The normalized spacial score (nSPS) is 27.1. The van der Waals surface area contributed by atoms with Crippen molar-refractivity contribution in [3.8, 4) is 0 Å². The van der Waals surface area contributed by atoms with Crippen molar-refractivity contribution in [2.75, 3.05) is 0 Å². The summed E-state index contributed by atoms with van der Waals surface area (Å²) in [6, 6.07) is 0. The fourth-order valence-corrected chi connectivity index (χ4v) is 1.63. The van der Waals surface area contributed by atoms with E-state index in [-0.39, 0.29) is 10.8 Å². The largest absolute Gasteiger partial charge is 0.411 e. The third kappa shape index (κ3) is 1.26. The van der Waals surface area contributed by atoms with Crippen molar-refractivity contribution in [3.63, 3.8) is 0 Å². The van der Waals surface area contributed by atoms with Crippen LogP contribution >= 0.6 is 0 Å². The first-order valence-corrected chi connectivity index (χ1v) is 4.09. The molecule has 0 saturated heterocycles. The molecule has 0 aliphatic heterocycles. The summed E-state index contributed by atoms with van der Waals surface area (Å²) in [4.78, 5) is 0. The molecular weight excluding hydrogens is 138 g/mol. The van der Waals surface area contributed by atoms with Gasteiger partial charge < -0.3 is 5.21 Å². The van der Waals surface area contributed by atoms with Crippen LogP contribution in [0.2, 0.25) is 0 Å². The molecule has 11 heavy (non-hydrogen) atoms. The Morgan fingerprint density at radius 3 is 1.64 bits per heavy atom. The first-order chi connectivity index (χ1) is 4.89. The topological polar surface area (TPSA) is 32.6 Å². The molecule has 0 radical (unpaired) electrons. The van der Waals surface area contributed by atoms with Gasteiger partial charge in [-0.15, -0.1) is 0 Å². The van der Waals surface area contributed by atoms with Crippen LogP contribution in [0, 0.1) is 10.8 Å². The smallest absolute Gasteiger partial charge is 0.0581 e. The van der Waals surface area contributed by atoms with Crippen LogP contribution in [0.15, 0.2) is 5.16 Å². The first kappa shape index (κ1) is 8.57. The van der Waals surface area contributed by atoms with Gasteiger partial charge in [0.1, 0.15) is 0 Å². The van der Waals surface area contributed by atoms with Crippen LogP contribution in [0.25, 0.3) is 0 Å². The molecule has 2 heteroatoms. The summed E-state index contributed by atoms with van der Waals surface area (Å²) in [6.45, 7) is 8.91. The Morgan fingerprint density at radius 2 is 1.45 bits per heavy atom. The molecule has 0 spiro atoms. The lowest BCUT2D eigenvalue weighted by Gasteiger charge is -2.33. The van der Waals surface area contributed by atoms with Crippen molar-refractivity contribution < 1.29 is 5.21 Å². The van der Waals surface area contributed by atoms with Crippen LogP contribution in [-0.4, -0.2) is 10.9 Å². The van der Waals surface area contributed by atoms with Gasteiger partial charge in [-0.1, -0.05) is 32.9 Å². The molecule has 0 aromatic carbocycles. The van der Waals surface area contributed by atoms with Crippen LogP contribution in [0.5, 0.6) is 0 Å². The van der Waals surface area contributed by atoms with Gasteiger partial charge in [0.2, 0.25) is 0 Å².